The summed E-state index contributed by atoms with van der Waals surface area (Å²) in [7, 11) is -5.12. The van der Waals surface area contributed by atoms with Gasteiger partial charge in [-0.05, 0) is 51.4 Å². The second kappa shape index (κ2) is 33.9. The molecule has 0 saturated heterocycles. The number of carbonyl (C=O) groups is 2. The maximum atomic E-state index is 12.8. The van der Waals surface area contributed by atoms with Gasteiger partial charge in [0.1, 0.15) is 43.2 Å². The quantitative estimate of drug-likeness (QED) is 0.0156. The molecule has 332 valence electrons. The Bertz CT molecular complexity index is 1150. The summed E-state index contributed by atoms with van der Waals surface area (Å²) in [4.78, 5) is 35.6. The summed E-state index contributed by atoms with van der Waals surface area (Å²) in [5, 5.41) is 50.0. The predicted molar refractivity (Wildman–Crippen MR) is 221 cm³/mol. The van der Waals surface area contributed by atoms with Crippen LogP contribution in [-0.2, 0) is 32.7 Å². The highest BCUT2D eigenvalue weighted by Gasteiger charge is 2.51. The monoisotopic (exact) mass is 833 g/mol. The Morgan fingerprint density at radius 2 is 0.947 bits per heavy atom. The minimum Gasteiger partial charge on any atom is -0.462 e. The third-order valence-corrected chi connectivity index (χ3v) is 11.0. The van der Waals surface area contributed by atoms with Crippen molar-refractivity contribution in [2.45, 2.75) is 211 Å². The zero-order chi connectivity index (χ0) is 42.2. The standard InChI is InChI=1S/C43H77O13P/c1-3-5-7-9-11-13-15-16-17-18-19-20-22-23-25-27-29-31-36(44)53-33-35(55-37(45)32-30-28-26-24-21-14-12-10-8-6-4-2)34-54-57(51,52)56-43-41(49)39(47)38(46)40(48)42(43)50/h11,13,16-17,19-20,35,38-43,46-50H,3-10,12,14-15,18,21-34H2,1-2H3,(H,51,52)/b13-11-,17-16-,20-19-/t35-,38?,39-,40?,41?,42?,43?/m1/s1. The van der Waals surface area contributed by atoms with Crippen LogP contribution >= 0.6 is 7.82 Å². The van der Waals surface area contributed by atoms with E-state index < -0.39 is 75.7 Å². The zero-order valence-corrected chi connectivity index (χ0v) is 35.8. The number of unbranched alkanes of at least 4 members (excludes halogenated alkanes) is 17. The molecular formula is C43H77O13P. The van der Waals surface area contributed by atoms with E-state index in [9.17, 15) is 44.6 Å². The Kier molecular flexibility index (Phi) is 31.5. The first-order chi connectivity index (χ1) is 27.4. The molecule has 0 amide bonds. The molecule has 6 unspecified atom stereocenters. The summed E-state index contributed by atoms with van der Waals surface area (Å²) in [5.41, 5.74) is 0. The number of ether oxygens (including phenoxy) is 2. The molecule has 1 saturated carbocycles. The number of aliphatic hydroxyl groups excluding tert-OH is 5. The zero-order valence-electron chi connectivity index (χ0n) is 34.9. The van der Waals surface area contributed by atoms with Crippen molar-refractivity contribution < 1.29 is 63.1 Å². The average Bonchev–Trinajstić information content (AvgIpc) is 3.19. The SMILES string of the molecule is CCCCC/C=C\C/C=C\C/C=C\CCCCCCC(=O)OC[C@H](COP(=O)(O)OC1C(O)C(O)C(O)[C@@H](O)C1O)OC(=O)CCCCCCCCCCCCC. The van der Waals surface area contributed by atoms with Gasteiger partial charge in [-0.25, -0.2) is 4.57 Å². The van der Waals surface area contributed by atoms with Gasteiger partial charge in [0.15, 0.2) is 6.10 Å². The van der Waals surface area contributed by atoms with Crippen LogP contribution in [0.3, 0.4) is 0 Å². The van der Waals surface area contributed by atoms with E-state index in [0.717, 1.165) is 70.6 Å². The number of phosphoric ester groups is 1. The molecule has 57 heavy (non-hydrogen) atoms. The fraction of sp³-hybridized carbons (Fsp3) is 0.814. The smallest absolute Gasteiger partial charge is 0.462 e. The summed E-state index contributed by atoms with van der Waals surface area (Å²) < 4.78 is 33.4. The van der Waals surface area contributed by atoms with E-state index in [-0.39, 0.29) is 12.8 Å². The molecule has 14 heteroatoms. The van der Waals surface area contributed by atoms with E-state index in [1.165, 1.54) is 57.8 Å². The molecule has 0 radical (unpaired) electrons. The summed E-state index contributed by atoms with van der Waals surface area (Å²) >= 11 is 0. The number of phosphoric acid groups is 1. The molecule has 1 rings (SSSR count). The lowest BCUT2D eigenvalue weighted by Gasteiger charge is -2.41. The van der Waals surface area contributed by atoms with Crippen LogP contribution in [0.15, 0.2) is 36.5 Å². The lowest BCUT2D eigenvalue weighted by Crippen LogP contribution is -2.64. The Morgan fingerprint density at radius 3 is 1.47 bits per heavy atom. The lowest BCUT2D eigenvalue weighted by atomic mass is 9.85. The van der Waals surface area contributed by atoms with Crippen LogP contribution in [0, 0.1) is 0 Å². The highest BCUT2D eigenvalue weighted by atomic mass is 31.2. The van der Waals surface area contributed by atoms with Crippen molar-refractivity contribution in [3.05, 3.63) is 36.5 Å². The fourth-order valence-corrected chi connectivity index (χ4v) is 7.38. The van der Waals surface area contributed by atoms with Gasteiger partial charge in [0.05, 0.1) is 6.61 Å². The van der Waals surface area contributed by atoms with Crippen molar-refractivity contribution in [1.29, 1.82) is 0 Å². The van der Waals surface area contributed by atoms with Gasteiger partial charge >= 0.3 is 19.8 Å². The van der Waals surface area contributed by atoms with Crippen molar-refractivity contribution in [1.82, 2.24) is 0 Å². The van der Waals surface area contributed by atoms with E-state index in [4.69, 9.17) is 18.5 Å². The molecule has 0 aliphatic heterocycles. The van der Waals surface area contributed by atoms with Crippen molar-refractivity contribution in [2.75, 3.05) is 13.2 Å². The van der Waals surface area contributed by atoms with Crippen molar-refractivity contribution in [2.24, 2.45) is 0 Å². The van der Waals surface area contributed by atoms with Crippen LogP contribution in [-0.4, -0.2) is 98.3 Å². The molecule has 0 aromatic heterocycles. The van der Waals surface area contributed by atoms with Crippen LogP contribution in [0.4, 0.5) is 0 Å². The van der Waals surface area contributed by atoms with Gasteiger partial charge in [0, 0.05) is 12.8 Å². The van der Waals surface area contributed by atoms with E-state index in [1.807, 2.05) is 0 Å². The molecule has 0 heterocycles. The summed E-state index contributed by atoms with van der Waals surface area (Å²) in [6, 6.07) is 0. The summed E-state index contributed by atoms with van der Waals surface area (Å²) in [5.74, 6) is -1.12. The second-order valence-corrected chi connectivity index (χ2v) is 16.6. The predicted octanol–water partition coefficient (Wildman–Crippen LogP) is 7.83. The molecule has 0 spiro atoms. The Labute approximate surface area is 342 Å². The van der Waals surface area contributed by atoms with Crippen LogP contribution in [0.2, 0.25) is 0 Å². The van der Waals surface area contributed by atoms with E-state index in [0.29, 0.717) is 12.8 Å². The van der Waals surface area contributed by atoms with Gasteiger partial charge in [-0.3, -0.25) is 18.6 Å². The van der Waals surface area contributed by atoms with E-state index >= 15 is 0 Å². The minimum absolute atomic E-state index is 0.0933. The molecule has 13 nitrogen and oxygen atoms in total. The topological polar surface area (TPSA) is 210 Å². The number of carbonyl (C=O) groups excluding carboxylic acids is 2. The van der Waals surface area contributed by atoms with Crippen molar-refractivity contribution in [3.8, 4) is 0 Å². The number of esters is 2. The Hall–Kier alpha value is -1.93. The number of rotatable bonds is 35. The van der Waals surface area contributed by atoms with Crippen LogP contribution in [0.25, 0.3) is 0 Å². The maximum absolute atomic E-state index is 12.8. The van der Waals surface area contributed by atoms with Gasteiger partial charge in [0.2, 0.25) is 0 Å². The van der Waals surface area contributed by atoms with Crippen LogP contribution < -0.4 is 0 Å². The summed E-state index contributed by atoms with van der Waals surface area (Å²) in [6.07, 6.45) is 23.5. The molecule has 0 aromatic carbocycles. The molecule has 1 aliphatic carbocycles. The highest BCUT2D eigenvalue weighted by Crippen LogP contribution is 2.47. The molecule has 1 aliphatic rings. The van der Waals surface area contributed by atoms with Crippen molar-refractivity contribution in [3.63, 3.8) is 0 Å². The third-order valence-electron chi connectivity index (χ3n) is 9.98. The van der Waals surface area contributed by atoms with Gasteiger partial charge in [-0.1, -0.05) is 140 Å². The normalized spacial score (nSPS) is 23.0. The third kappa shape index (κ3) is 26.7. The van der Waals surface area contributed by atoms with Gasteiger partial charge in [0.25, 0.3) is 0 Å². The largest absolute Gasteiger partial charge is 0.472 e. The van der Waals surface area contributed by atoms with Gasteiger partial charge in [-0.2, -0.15) is 0 Å². The lowest BCUT2D eigenvalue weighted by molar-refractivity contribution is -0.220. The Balaban J connectivity index is 2.49. The molecular weight excluding hydrogens is 755 g/mol. The molecule has 6 N–H and O–H groups in total. The van der Waals surface area contributed by atoms with Crippen LogP contribution in [0.1, 0.15) is 168 Å². The molecule has 0 bridgehead atoms. The Morgan fingerprint density at radius 1 is 0.544 bits per heavy atom. The first-order valence-corrected chi connectivity index (χ1v) is 23.3. The first kappa shape index (κ1) is 53.1. The molecule has 0 aromatic rings. The average molecular weight is 833 g/mol. The first-order valence-electron chi connectivity index (χ1n) is 21.8. The van der Waals surface area contributed by atoms with E-state index in [1.54, 1.807) is 0 Å². The maximum Gasteiger partial charge on any atom is 0.472 e. The fourth-order valence-electron chi connectivity index (χ4n) is 6.41. The summed E-state index contributed by atoms with van der Waals surface area (Å²) in [6.45, 7) is 3.22. The van der Waals surface area contributed by atoms with Crippen molar-refractivity contribution >= 4 is 19.8 Å². The number of hydrogen-bond acceptors (Lipinski definition) is 12. The highest BCUT2D eigenvalue weighted by molar-refractivity contribution is 7.47. The molecule has 1 fully saturated rings. The second-order valence-electron chi connectivity index (χ2n) is 15.2. The minimum atomic E-state index is -5.12. The van der Waals surface area contributed by atoms with E-state index in [2.05, 4.69) is 50.3 Å². The number of hydrogen-bond donors (Lipinski definition) is 6. The van der Waals surface area contributed by atoms with Gasteiger partial charge < -0.3 is 39.9 Å². The van der Waals surface area contributed by atoms with Crippen LogP contribution in [0.5, 0.6) is 0 Å². The number of allylic oxidation sites excluding steroid dienone is 6. The van der Waals surface area contributed by atoms with Gasteiger partial charge in [-0.15, -0.1) is 0 Å². The molecule has 8 atom stereocenters. The number of aliphatic hydroxyl groups is 5.